The van der Waals surface area contributed by atoms with Crippen LogP contribution in [0.25, 0.3) is 0 Å². The van der Waals surface area contributed by atoms with Crippen LogP contribution in [-0.2, 0) is 6.42 Å². The van der Waals surface area contributed by atoms with E-state index in [0.717, 1.165) is 24.3 Å². The number of nitrogens with one attached hydrogen (secondary N) is 1. The van der Waals surface area contributed by atoms with Crippen LogP contribution in [0.15, 0.2) is 42.6 Å². The van der Waals surface area contributed by atoms with Crippen molar-refractivity contribution in [3.8, 4) is 5.75 Å². The third-order valence-corrected chi connectivity index (χ3v) is 3.61. The van der Waals surface area contributed by atoms with Crippen LogP contribution < -0.4 is 10.1 Å². The zero-order valence-electron chi connectivity index (χ0n) is 11.1. The monoisotopic (exact) mass is 254 g/mol. The van der Waals surface area contributed by atoms with Crippen molar-refractivity contribution in [3.63, 3.8) is 0 Å². The highest BCUT2D eigenvalue weighted by Gasteiger charge is 2.20. The minimum atomic E-state index is 0.303. The highest BCUT2D eigenvalue weighted by Crippen LogP contribution is 2.31. The molecule has 3 rings (SSSR count). The number of aryl methyl sites for hydroxylation is 1. The number of fused-ring (bicyclic) bond motifs is 1. The van der Waals surface area contributed by atoms with Crippen LogP contribution in [0.3, 0.4) is 0 Å². The second-order valence-corrected chi connectivity index (χ2v) is 4.87. The van der Waals surface area contributed by atoms with Gasteiger partial charge in [-0.2, -0.15) is 0 Å². The van der Waals surface area contributed by atoms with Gasteiger partial charge in [0.25, 0.3) is 0 Å². The number of nitrogens with zero attached hydrogens (tertiary/aromatic N) is 1. The molecule has 0 fully saturated rings. The molecule has 19 heavy (non-hydrogen) atoms. The van der Waals surface area contributed by atoms with Crippen LogP contribution in [0.2, 0.25) is 0 Å². The average molecular weight is 254 g/mol. The van der Waals surface area contributed by atoms with Crippen molar-refractivity contribution in [1.82, 2.24) is 4.98 Å². The summed E-state index contributed by atoms with van der Waals surface area (Å²) in [5.41, 5.74) is 3.65. The number of hydrogen-bond acceptors (Lipinski definition) is 3. The van der Waals surface area contributed by atoms with E-state index in [-0.39, 0.29) is 0 Å². The van der Waals surface area contributed by atoms with Gasteiger partial charge >= 0.3 is 0 Å². The van der Waals surface area contributed by atoms with Gasteiger partial charge in [-0.05, 0) is 43.0 Å². The Morgan fingerprint density at radius 3 is 3.11 bits per heavy atom. The van der Waals surface area contributed by atoms with E-state index in [2.05, 4.69) is 22.4 Å². The second kappa shape index (κ2) is 5.31. The van der Waals surface area contributed by atoms with E-state index in [1.54, 1.807) is 7.11 Å². The molecule has 1 unspecified atom stereocenters. The Balaban J connectivity index is 1.84. The Kier molecular flexibility index (Phi) is 3.36. The van der Waals surface area contributed by atoms with Crippen molar-refractivity contribution in [2.45, 2.75) is 25.3 Å². The molecule has 1 atom stereocenters. The molecule has 0 radical (unpaired) electrons. The average Bonchev–Trinajstić information content (AvgIpc) is 2.48. The maximum atomic E-state index is 5.26. The molecule has 1 heterocycles. The summed E-state index contributed by atoms with van der Waals surface area (Å²) >= 11 is 0. The van der Waals surface area contributed by atoms with Crippen LogP contribution in [0, 0.1) is 0 Å². The molecule has 1 aliphatic carbocycles. The molecule has 98 valence electrons. The lowest BCUT2D eigenvalue weighted by Gasteiger charge is -2.26. The molecule has 0 saturated heterocycles. The van der Waals surface area contributed by atoms with E-state index < -0.39 is 0 Å². The lowest BCUT2D eigenvalue weighted by atomic mass is 9.92. The van der Waals surface area contributed by atoms with Gasteiger partial charge in [0.1, 0.15) is 5.75 Å². The fourth-order valence-electron chi connectivity index (χ4n) is 2.66. The number of methoxy groups -OCH3 is 1. The van der Waals surface area contributed by atoms with Gasteiger partial charge in [-0.25, -0.2) is 0 Å². The summed E-state index contributed by atoms with van der Waals surface area (Å²) in [7, 11) is 1.69. The number of anilines is 1. The topological polar surface area (TPSA) is 34.1 Å². The molecule has 0 saturated carbocycles. The van der Waals surface area contributed by atoms with Crippen molar-refractivity contribution in [3.05, 3.63) is 53.9 Å². The Labute approximate surface area is 113 Å². The van der Waals surface area contributed by atoms with Crippen LogP contribution in [0.4, 0.5) is 5.69 Å². The largest absolute Gasteiger partial charge is 0.497 e. The standard InChI is InChI=1S/C16H18N2O/c1-19-14-8-3-7-13(11-14)18-15-9-2-5-12-6-4-10-17-16(12)15/h3-4,6-8,10-11,15,18H,2,5,9H2,1H3. The van der Waals surface area contributed by atoms with E-state index in [1.165, 1.54) is 17.7 Å². The van der Waals surface area contributed by atoms with Gasteiger partial charge in [0.2, 0.25) is 0 Å². The predicted octanol–water partition coefficient (Wildman–Crippen LogP) is 3.58. The first kappa shape index (κ1) is 12.0. The highest BCUT2D eigenvalue weighted by atomic mass is 16.5. The smallest absolute Gasteiger partial charge is 0.120 e. The second-order valence-electron chi connectivity index (χ2n) is 4.87. The fourth-order valence-corrected chi connectivity index (χ4v) is 2.66. The van der Waals surface area contributed by atoms with Gasteiger partial charge in [0, 0.05) is 18.0 Å². The van der Waals surface area contributed by atoms with Crippen molar-refractivity contribution >= 4 is 5.69 Å². The van der Waals surface area contributed by atoms with Crippen LogP contribution in [-0.4, -0.2) is 12.1 Å². The third-order valence-electron chi connectivity index (χ3n) is 3.61. The quantitative estimate of drug-likeness (QED) is 0.909. The van der Waals surface area contributed by atoms with Gasteiger partial charge in [-0.15, -0.1) is 0 Å². The number of benzene rings is 1. The summed E-state index contributed by atoms with van der Waals surface area (Å²) in [5.74, 6) is 0.877. The molecule has 1 aromatic heterocycles. The lowest BCUT2D eigenvalue weighted by Crippen LogP contribution is -2.18. The van der Waals surface area contributed by atoms with Gasteiger partial charge in [-0.3, -0.25) is 4.98 Å². The van der Waals surface area contributed by atoms with Crippen molar-refractivity contribution < 1.29 is 4.74 Å². The highest BCUT2D eigenvalue weighted by molar-refractivity contribution is 5.50. The summed E-state index contributed by atoms with van der Waals surface area (Å²) in [6, 6.07) is 12.6. The number of rotatable bonds is 3. The molecule has 0 bridgehead atoms. The Morgan fingerprint density at radius 2 is 2.21 bits per heavy atom. The van der Waals surface area contributed by atoms with Crippen molar-refractivity contribution in [2.75, 3.05) is 12.4 Å². The van der Waals surface area contributed by atoms with Gasteiger partial charge in [-0.1, -0.05) is 12.1 Å². The normalized spacial score (nSPS) is 17.6. The number of aromatic nitrogens is 1. The summed E-state index contributed by atoms with van der Waals surface area (Å²) in [4.78, 5) is 4.55. The summed E-state index contributed by atoms with van der Waals surface area (Å²) < 4.78 is 5.26. The number of hydrogen-bond donors (Lipinski definition) is 1. The molecule has 1 aliphatic rings. The van der Waals surface area contributed by atoms with Gasteiger partial charge in [0.05, 0.1) is 18.8 Å². The first-order valence-electron chi connectivity index (χ1n) is 6.71. The molecule has 0 aliphatic heterocycles. The van der Waals surface area contributed by atoms with Gasteiger partial charge < -0.3 is 10.1 Å². The fraction of sp³-hybridized carbons (Fsp3) is 0.312. The Morgan fingerprint density at radius 1 is 1.26 bits per heavy atom. The first-order valence-corrected chi connectivity index (χ1v) is 6.71. The summed E-state index contributed by atoms with van der Waals surface area (Å²) in [6.45, 7) is 0. The Bertz CT molecular complexity index is 568. The first-order chi connectivity index (χ1) is 9.36. The van der Waals surface area contributed by atoms with Crippen LogP contribution in [0.1, 0.15) is 30.1 Å². The van der Waals surface area contributed by atoms with E-state index in [4.69, 9.17) is 4.74 Å². The molecular formula is C16H18N2O. The molecule has 1 N–H and O–H groups in total. The lowest BCUT2D eigenvalue weighted by molar-refractivity contribution is 0.415. The third kappa shape index (κ3) is 2.55. The predicted molar refractivity (Wildman–Crippen MR) is 76.5 cm³/mol. The SMILES string of the molecule is COc1cccc(NC2CCCc3cccnc32)c1. The van der Waals surface area contributed by atoms with Gasteiger partial charge in [0.15, 0.2) is 0 Å². The number of pyridine rings is 1. The molecule has 3 heteroatoms. The zero-order chi connectivity index (χ0) is 13.1. The summed E-state index contributed by atoms with van der Waals surface area (Å²) in [5, 5.41) is 3.57. The minimum Gasteiger partial charge on any atom is -0.497 e. The molecule has 0 spiro atoms. The molecule has 1 aromatic carbocycles. The maximum absolute atomic E-state index is 5.26. The Hall–Kier alpha value is -2.03. The van der Waals surface area contributed by atoms with E-state index in [0.29, 0.717) is 6.04 Å². The molecule has 2 aromatic rings. The van der Waals surface area contributed by atoms with Crippen molar-refractivity contribution in [1.29, 1.82) is 0 Å². The number of ether oxygens (including phenoxy) is 1. The van der Waals surface area contributed by atoms with E-state index in [9.17, 15) is 0 Å². The van der Waals surface area contributed by atoms with Crippen LogP contribution >= 0.6 is 0 Å². The summed E-state index contributed by atoms with van der Waals surface area (Å²) in [6.07, 6.45) is 5.35. The van der Waals surface area contributed by atoms with E-state index in [1.807, 2.05) is 30.5 Å². The molecular weight excluding hydrogens is 236 g/mol. The van der Waals surface area contributed by atoms with Crippen LogP contribution in [0.5, 0.6) is 5.75 Å². The molecule has 0 amide bonds. The molecule has 3 nitrogen and oxygen atoms in total. The maximum Gasteiger partial charge on any atom is 0.120 e. The van der Waals surface area contributed by atoms with E-state index >= 15 is 0 Å². The van der Waals surface area contributed by atoms with Crippen molar-refractivity contribution in [2.24, 2.45) is 0 Å². The zero-order valence-corrected chi connectivity index (χ0v) is 11.1. The minimum absolute atomic E-state index is 0.303.